The van der Waals surface area contributed by atoms with Crippen molar-refractivity contribution in [3.05, 3.63) is 41.5 Å². The molecular formula is C11H10N4O. The van der Waals surface area contributed by atoms with Crippen LogP contribution in [0.4, 0.5) is 0 Å². The number of pyridine rings is 1. The van der Waals surface area contributed by atoms with Crippen LogP contribution in [-0.2, 0) is 5.41 Å². The maximum Gasteiger partial charge on any atom is 0.168 e. The molecule has 80 valence electrons. The monoisotopic (exact) mass is 214 g/mol. The number of aromatic nitrogens is 4. The van der Waals surface area contributed by atoms with Gasteiger partial charge in [-0.2, -0.15) is 15.4 Å². The minimum atomic E-state index is -0.0264. The molecule has 0 amide bonds. The topological polar surface area (TPSA) is 71.5 Å². The molecular weight excluding hydrogens is 204 g/mol. The van der Waals surface area contributed by atoms with Crippen LogP contribution in [0.2, 0.25) is 0 Å². The van der Waals surface area contributed by atoms with Crippen LogP contribution in [0.15, 0.2) is 24.5 Å². The standard InChI is InChI=1S/C11H10N4O/c16-7-9-2-1-8(5-12-9)11(3-4-11)10-6-13-15-14-10/h1-2,5-7H,3-4H2,(H,13,14,15). The number of nitrogens with one attached hydrogen (secondary N) is 1. The zero-order valence-electron chi connectivity index (χ0n) is 8.55. The molecule has 0 spiro atoms. The van der Waals surface area contributed by atoms with E-state index < -0.39 is 0 Å². The lowest BCUT2D eigenvalue weighted by molar-refractivity contribution is 0.111. The summed E-state index contributed by atoms with van der Waals surface area (Å²) < 4.78 is 0. The van der Waals surface area contributed by atoms with Gasteiger partial charge in [-0.05, 0) is 24.5 Å². The minimum Gasteiger partial charge on any atom is -0.296 e. The molecule has 0 saturated heterocycles. The van der Waals surface area contributed by atoms with Crippen molar-refractivity contribution >= 4 is 6.29 Å². The fraction of sp³-hybridized carbons (Fsp3) is 0.273. The van der Waals surface area contributed by atoms with Crippen molar-refractivity contribution in [3.8, 4) is 0 Å². The van der Waals surface area contributed by atoms with Gasteiger partial charge in [-0.3, -0.25) is 9.78 Å². The SMILES string of the molecule is O=Cc1ccc(C2(c3cn[nH]n3)CC2)cn1. The Kier molecular flexibility index (Phi) is 1.86. The van der Waals surface area contributed by atoms with Gasteiger partial charge in [0.2, 0.25) is 0 Å². The third kappa shape index (κ3) is 1.25. The highest BCUT2D eigenvalue weighted by atomic mass is 16.1. The van der Waals surface area contributed by atoms with E-state index >= 15 is 0 Å². The molecule has 0 aromatic carbocycles. The summed E-state index contributed by atoms with van der Waals surface area (Å²) in [4.78, 5) is 14.6. The summed E-state index contributed by atoms with van der Waals surface area (Å²) in [6, 6.07) is 3.68. The van der Waals surface area contributed by atoms with E-state index in [1.54, 1.807) is 18.5 Å². The van der Waals surface area contributed by atoms with Crippen LogP contribution in [0.25, 0.3) is 0 Å². The number of hydrogen-bond acceptors (Lipinski definition) is 4. The molecule has 3 rings (SSSR count). The highest BCUT2D eigenvalue weighted by Gasteiger charge is 2.48. The van der Waals surface area contributed by atoms with E-state index in [1.165, 1.54) is 0 Å². The number of rotatable bonds is 3. The second-order valence-electron chi connectivity index (χ2n) is 4.03. The summed E-state index contributed by atoms with van der Waals surface area (Å²) in [6.45, 7) is 0. The van der Waals surface area contributed by atoms with Crippen LogP contribution in [0.1, 0.15) is 34.6 Å². The van der Waals surface area contributed by atoms with Gasteiger partial charge in [-0.1, -0.05) is 6.07 Å². The van der Waals surface area contributed by atoms with Crippen molar-refractivity contribution in [1.29, 1.82) is 0 Å². The summed E-state index contributed by atoms with van der Waals surface area (Å²) >= 11 is 0. The number of hydrogen-bond donors (Lipinski definition) is 1. The zero-order chi connectivity index (χ0) is 11.0. The lowest BCUT2D eigenvalue weighted by Crippen LogP contribution is -2.10. The second kappa shape index (κ2) is 3.23. The molecule has 0 atom stereocenters. The Morgan fingerprint density at radius 2 is 2.19 bits per heavy atom. The number of aromatic amines is 1. The summed E-state index contributed by atoms with van der Waals surface area (Å²) in [6.07, 6.45) is 6.37. The van der Waals surface area contributed by atoms with Gasteiger partial charge >= 0.3 is 0 Å². The third-order valence-electron chi connectivity index (χ3n) is 3.12. The molecule has 1 aliphatic rings. The van der Waals surface area contributed by atoms with Gasteiger partial charge in [0.25, 0.3) is 0 Å². The molecule has 2 aromatic rings. The molecule has 2 heterocycles. The molecule has 2 aromatic heterocycles. The van der Waals surface area contributed by atoms with Gasteiger partial charge in [0.05, 0.1) is 11.9 Å². The maximum atomic E-state index is 10.5. The maximum absolute atomic E-state index is 10.5. The van der Waals surface area contributed by atoms with E-state index in [4.69, 9.17) is 0 Å². The van der Waals surface area contributed by atoms with Crippen LogP contribution >= 0.6 is 0 Å². The van der Waals surface area contributed by atoms with E-state index in [0.29, 0.717) is 5.69 Å². The highest BCUT2D eigenvalue weighted by Crippen LogP contribution is 2.52. The molecule has 16 heavy (non-hydrogen) atoms. The Labute approximate surface area is 91.9 Å². The van der Waals surface area contributed by atoms with Crippen molar-refractivity contribution in [2.24, 2.45) is 0 Å². The Morgan fingerprint density at radius 1 is 1.31 bits per heavy atom. The van der Waals surface area contributed by atoms with Crippen LogP contribution in [-0.4, -0.2) is 26.7 Å². The molecule has 0 aliphatic heterocycles. The van der Waals surface area contributed by atoms with Gasteiger partial charge in [0, 0.05) is 11.6 Å². The first kappa shape index (κ1) is 9.21. The first-order valence-electron chi connectivity index (χ1n) is 5.13. The summed E-state index contributed by atoms with van der Waals surface area (Å²) in [7, 11) is 0. The van der Waals surface area contributed by atoms with Crippen molar-refractivity contribution in [3.63, 3.8) is 0 Å². The third-order valence-corrected chi connectivity index (χ3v) is 3.12. The quantitative estimate of drug-likeness (QED) is 0.776. The number of nitrogens with zero attached hydrogens (tertiary/aromatic N) is 3. The molecule has 0 bridgehead atoms. The normalized spacial score (nSPS) is 17.0. The Bertz CT molecular complexity index is 499. The zero-order valence-corrected chi connectivity index (χ0v) is 8.55. The van der Waals surface area contributed by atoms with E-state index in [2.05, 4.69) is 20.4 Å². The molecule has 0 radical (unpaired) electrons. The van der Waals surface area contributed by atoms with E-state index in [1.807, 2.05) is 6.07 Å². The molecule has 1 N–H and O–H groups in total. The largest absolute Gasteiger partial charge is 0.296 e. The predicted octanol–water partition coefficient (Wildman–Crippen LogP) is 1.09. The smallest absolute Gasteiger partial charge is 0.168 e. The van der Waals surface area contributed by atoms with Gasteiger partial charge in [-0.15, -0.1) is 0 Å². The number of aldehydes is 1. The van der Waals surface area contributed by atoms with E-state index in [-0.39, 0.29) is 5.41 Å². The Hall–Kier alpha value is -2.04. The van der Waals surface area contributed by atoms with Gasteiger partial charge in [0.1, 0.15) is 5.69 Å². The van der Waals surface area contributed by atoms with Gasteiger partial charge < -0.3 is 0 Å². The Balaban J connectivity index is 2.00. The van der Waals surface area contributed by atoms with Crippen molar-refractivity contribution in [1.82, 2.24) is 20.4 Å². The molecule has 0 unspecified atom stereocenters. The van der Waals surface area contributed by atoms with Crippen LogP contribution in [0.3, 0.4) is 0 Å². The fourth-order valence-electron chi connectivity index (χ4n) is 2.01. The van der Waals surface area contributed by atoms with Gasteiger partial charge in [-0.25, -0.2) is 0 Å². The first-order valence-corrected chi connectivity index (χ1v) is 5.13. The first-order chi connectivity index (χ1) is 7.85. The van der Waals surface area contributed by atoms with Crippen LogP contribution in [0, 0.1) is 0 Å². The van der Waals surface area contributed by atoms with Crippen LogP contribution in [0.5, 0.6) is 0 Å². The molecule has 5 heteroatoms. The number of carbonyl (C=O) groups is 1. The lowest BCUT2D eigenvalue weighted by Gasteiger charge is -2.11. The predicted molar refractivity (Wildman–Crippen MR) is 56.0 cm³/mol. The number of H-pyrrole nitrogens is 1. The number of carbonyl (C=O) groups excluding carboxylic acids is 1. The van der Waals surface area contributed by atoms with Crippen molar-refractivity contribution in [2.45, 2.75) is 18.3 Å². The average molecular weight is 214 g/mol. The molecule has 5 nitrogen and oxygen atoms in total. The van der Waals surface area contributed by atoms with Crippen molar-refractivity contribution in [2.75, 3.05) is 0 Å². The van der Waals surface area contributed by atoms with E-state index in [0.717, 1.165) is 30.4 Å². The van der Waals surface area contributed by atoms with E-state index in [9.17, 15) is 4.79 Å². The second-order valence-corrected chi connectivity index (χ2v) is 4.03. The van der Waals surface area contributed by atoms with Gasteiger partial charge in [0.15, 0.2) is 6.29 Å². The summed E-state index contributed by atoms with van der Waals surface area (Å²) in [5.74, 6) is 0. The highest BCUT2D eigenvalue weighted by molar-refractivity contribution is 5.71. The summed E-state index contributed by atoms with van der Waals surface area (Å²) in [5.41, 5.74) is 2.49. The average Bonchev–Trinajstić information content (AvgIpc) is 2.97. The van der Waals surface area contributed by atoms with Crippen LogP contribution < -0.4 is 0 Å². The fourth-order valence-corrected chi connectivity index (χ4v) is 2.01. The molecule has 1 aliphatic carbocycles. The van der Waals surface area contributed by atoms with Crippen molar-refractivity contribution < 1.29 is 4.79 Å². The lowest BCUT2D eigenvalue weighted by atomic mass is 9.94. The molecule has 1 saturated carbocycles. The Morgan fingerprint density at radius 3 is 2.69 bits per heavy atom. The molecule has 1 fully saturated rings. The summed E-state index contributed by atoms with van der Waals surface area (Å²) in [5, 5.41) is 10.6. The minimum absolute atomic E-state index is 0.0264.